The zero-order chi connectivity index (χ0) is 20.2. The molecule has 0 spiro atoms. The van der Waals surface area contributed by atoms with E-state index in [1.54, 1.807) is 13.3 Å². The number of carbonyl (C=O) groups excluding carboxylic acids is 1. The Morgan fingerprint density at radius 1 is 1.24 bits per heavy atom. The lowest BCUT2D eigenvalue weighted by atomic mass is 10.1. The summed E-state index contributed by atoms with van der Waals surface area (Å²) in [4.78, 5) is 17.1. The Balaban J connectivity index is 1.43. The molecule has 0 bridgehead atoms. The molecule has 2 heterocycles. The molecule has 0 aliphatic rings. The number of anilines is 1. The highest BCUT2D eigenvalue weighted by atomic mass is 79.9. The number of amides is 1. The van der Waals surface area contributed by atoms with Crippen molar-refractivity contribution in [3.63, 3.8) is 0 Å². The van der Waals surface area contributed by atoms with Crippen LogP contribution in [0.3, 0.4) is 0 Å². The van der Waals surface area contributed by atoms with Crippen LogP contribution in [0, 0.1) is 0 Å². The van der Waals surface area contributed by atoms with Crippen molar-refractivity contribution in [1.29, 1.82) is 0 Å². The Kier molecular flexibility index (Phi) is 5.73. The lowest BCUT2D eigenvalue weighted by Gasteiger charge is -2.05. The summed E-state index contributed by atoms with van der Waals surface area (Å²) in [5.74, 6) is 0.570. The predicted molar refractivity (Wildman–Crippen MR) is 118 cm³/mol. The van der Waals surface area contributed by atoms with Crippen LogP contribution in [0.5, 0.6) is 5.75 Å². The molecule has 4 aromatic rings. The molecule has 0 aliphatic carbocycles. The van der Waals surface area contributed by atoms with Gasteiger partial charge >= 0.3 is 0 Å². The molecular weight excluding hydrogens is 452 g/mol. The summed E-state index contributed by atoms with van der Waals surface area (Å²) in [6, 6.07) is 15.1. The van der Waals surface area contributed by atoms with E-state index in [1.165, 1.54) is 11.3 Å². The molecule has 1 N–H and O–H groups in total. The molecule has 29 heavy (non-hydrogen) atoms. The molecule has 0 radical (unpaired) electrons. The van der Waals surface area contributed by atoms with Gasteiger partial charge in [-0.15, -0.1) is 11.3 Å². The van der Waals surface area contributed by atoms with Crippen LogP contribution in [0.2, 0.25) is 0 Å². The molecule has 2 aromatic heterocycles. The van der Waals surface area contributed by atoms with Gasteiger partial charge in [0.25, 0.3) is 5.91 Å². The third kappa shape index (κ3) is 4.55. The Morgan fingerprint density at radius 2 is 2.07 bits per heavy atom. The molecule has 146 valence electrons. The first-order chi connectivity index (χ1) is 14.1. The van der Waals surface area contributed by atoms with E-state index < -0.39 is 0 Å². The maximum atomic E-state index is 12.5. The van der Waals surface area contributed by atoms with E-state index >= 15 is 0 Å². The first-order valence-electron chi connectivity index (χ1n) is 8.79. The van der Waals surface area contributed by atoms with Gasteiger partial charge in [0.2, 0.25) is 0 Å². The van der Waals surface area contributed by atoms with Crippen LogP contribution in [-0.4, -0.2) is 27.8 Å². The van der Waals surface area contributed by atoms with Gasteiger partial charge in [-0.25, -0.2) is 4.98 Å². The number of aromatic nitrogens is 3. The number of carbonyl (C=O) groups is 1. The minimum Gasteiger partial charge on any atom is -0.496 e. The van der Waals surface area contributed by atoms with Crippen molar-refractivity contribution in [2.75, 3.05) is 12.4 Å². The number of methoxy groups -OCH3 is 1. The normalized spacial score (nSPS) is 10.7. The number of rotatable bonds is 6. The number of hydrogen-bond donors (Lipinski definition) is 1. The third-order valence-electron chi connectivity index (χ3n) is 4.29. The number of nitrogens with zero attached hydrogens (tertiary/aromatic N) is 3. The van der Waals surface area contributed by atoms with Crippen LogP contribution in [-0.2, 0) is 6.54 Å². The summed E-state index contributed by atoms with van der Waals surface area (Å²) in [6.45, 7) is 0.669. The third-order valence-corrected chi connectivity index (χ3v) is 5.67. The van der Waals surface area contributed by atoms with Crippen molar-refractivity contribution in [2.24, 2.45) is 0 Å². The quantitative estimate of drug-likeness (QED) is 0.428. The number of benzene rings is 2. The van der Waals surface area contributed by atoms with Crippen molar-refractivity contribution in [1.82, 2.24) is 14.8 Å². The molecule has 1 amide bonds. The highest BCUT2D eigenvalue weighted by molar-refractivity contribution is 9.10. The molecule has 0 unspecified atom stereocenters. The zero-order valence-electron chi connectivity index (χ0n) is 15.5. The van der Waals surface area contributed by atoms with Crippen LogP contribution < -0.4 is 10.1 Å². The number of nitrogens with one attached hydrogen (secondary N) is 1. The molecule has 0 aliphatic heterocycles. The fourth-order valence-corrected chi connectivity index (χ4v) is 4.06. The van der Waals surface area contributed by atoms with Crippen molar-refractivity contribution >= 4 is 38.3 Å². The smallest absolute Gasteiger partial charge is 0.257 e. The monoisotopic (exact) mass is 468 g/mol. The highest BCUT2D eigenvalue weighted by Gasteiger charge is 2.11. The Hall–Kier alpha value is -2.97. The Bertz CT molecular complexity index is 1120. The second-order valence-corrected chi connectivity index (χ2v) is 7.95. The summed E-state index contributed by atoms with van der Waals surface area (Å²) in [5, 5.41) is 9.52. The number of ether oxygens (including phenoxy) is 1. The highest BCUT2D eigenvalue weighted by Crippen LogP contribution is 2.32. The van der Waals surface area contributed by atoms with Crippen molar-refractivity contribution in [2.45, 2.75) is 6.54 Å². The lowest BCUT2D eigenvalue weighted by Crippen LogP contribution is -2.11. The molecule has 0 saturated heterocycles. The van der Waals surface area contributed by atoms with Gasteiger partial charge in [0, 0.05) is 28.9 Å². The number of thiazole rings is 1. The summed E-state index contributed by atoms with van der Waals surface area (Å²) in [5.41, 5.74) is 3.39. The van der Waals surface area contributed by atoms with Crippen molar-refractivity contribution < 1.29 is 9.53 Å². The van der Waals surface area contributed by atoms with E-state index in [9.17, 15) is 4.79 Å². The lowest BCUT2D eigenvalue weighted by molar-refractivity contribution is 0.102. The molecule has 0 fully saturated rings. The minimum absolute atomic E-state index is 0.188. The summed E-state index contributed by atoms with van der Waals surface area (Å²) < 4.78 is 7.94. The standard InChI is InChI=1S/C21H17BrN4O2S/c1-28-19-8-7-16(11-17(19)22)18-13-29-21(24-18)25-20(27)15-5-3-14(4-6-15)12-26-10-2-9-23-26/h2-11,13H,12H2,1H3,(H,24,25,27). The van der Waals surface area contributed by atoms with E-state index in [-0.39, 0.29) is 5.91 Å². The number of halogens is 1. The first kappa shape index (κ1) is 19.4. The maximum absolute atomic E-state index is 12.5. The fraction of sp³-hybridized carbons (Fsp3) is 0.0952. The Morgan fingerprint density at radius 3 is 2.76 bits per heavy atom. The van der Waals surface area contributed by atoms with Gasteiger partial charge < -0.3 is 4.74 Å². The van der Waals surface area contributed by atoms with Gasteiger partial charge in [-0.2, -0.15) is 5.10 Å². The van der Waals surface area contributed by atoms with Gasteiger partial charge in [0.15, 0.2) is 5.13 Å². The van der Waals surface area contributed by atoms with E-state index in [0.717, 1.165) is 27.0 Å². The fourth-order valence-electron chi connectivity index (χ4n) is 2.80. The van der Waals surface area contributed by atoms with Crippen LogP contribution in [0.15, 0.2) is 70.8 Å². The van der Waals surface area contributed by atoms with E-state index in [0.29, 0.717) is 17.2 Å². The van der Waals surface area contributed by atoms with Crippen LogP contribution in [0.1, 0.15) is 15.9 Å². The summed E-state index contributed by atoms with van der Waals surface area (Å²) in [7, 11) is 1.63. The van der Waals surface area contributed by atoms with Crippen molar-refractivity contribution in [3.05, 3.63) is 81.9 Å². The Labute approximate surface area is 180 Å². The minimum atomic E-state index is -0.188. The zero-order valence-corrected chi connectivity index (χ0v) is 17.9. The molecule has 2 aromatic carbocycles. The molecule has 0 atom stereocenters. The average Bonchev–Trinajstić information content (AvgIpc) is 3.40. The second-order valence-electron chi connectivity index (χ2n) is 6.24. The van der Waals surface area contributed by atoms with Gasteiger partial charge in [-0.3, -0.25) is 14.8 Å². The average molecular weight is 469 g/mol. The maximum Gasteiger partial charge on any atom is 0.257 e. The van der Waals surface area contributed by atoms with Crippen LogP contribution in [0.25, 0.3) is 11.3 Å². The van der Waals surface area contributed by atoms with Gasteiger partial charge in [-0.1, -0.05) is 12.1 Å². The molecule has 6 nitrogen and oxygen atoms in total. The summed E-state index contributed by atoms with van der Waals surface area (Å²) in [6.07, 6.45) is 3.65. The van der Waals surface area contributed by atoms with E-state index in [4.69, 9.17) is 4.74 Å². The van der Waals surface area contributed by atoms with E-state index in [1.807, 2.05) is 64.8 Å². The summed E-state index contributed by atoms with van der Waals surface area (Å²) >= 11 is 4.87. The van der Waals surface area contributed by atoms with Gasteiger partial charge in [0.05, 0.1) is 23.8 Å². The van der Waals surface area contributed by atoms with Gasteiger partial charge in [0.1, 0.15) is 5.75 Å². The number of hydrogen-bond acceptors (Lipinski definition) is 5. The second kappa shape index (κ2) is 8.59. The first-order valence-corrected chi connectivity index (χ1v) is 10.5. The molecular formula is C21H17BrN4O2S. The molecule has 0 saturated carbocycles. The molecule has 4 rings (SSSR count). The predicted octanol–water partition coefficient (Wildman–Crippen LogP) is 5.08. The SMILES string of the molecule is COc1ccc(-c2csc(NC(=O)c3ccc(Cn4cccn4)cc3)n2)cc1Br. The topological polar surface area (TPSA) is 69.0 Å². The van der Waals surface area contributed by atoms with Crippen LogP contribution in [0.4, 0.5) is 5.13 Å². The van der Waals surface area contributed by atoms with E-state index in [2.05, 4.69) is 31.3 Å². The van der Waals surface area contributed by atoms with Gasteiger partial charge in [-0.05, 0) is 57.9 Å². The largest absolute Gasteiger partial charge is 0.496 e. The molecule has 8 heteroatoms. The van der Waals surface area contributed by atoms with Crippen LogP contribution >= 0.6 is 27.3 Å². The van der Waals surface area contributed by atoms with Crippen molar-refractivity contribution in [3.8, 4) is 17.0 Å².